The van der Waals surface area contributed by atoms with E-state index in [0.29, 0.717) is 18.9 Å². The highest BCUT2D eigenvalue weighted by molar-refractivity contribution is 7.86. The molecule has 1 N–H and O–H groups in total. The minimum absolute atomic E-state index is 0.0543. The van der Waals surface area contributed by atoms with Gasteiger partial charge in [-0.05, 0) is 44.9 Å². The second kappa shape index (κ2) is 5.38. The van der Waals surface area contributed by atoms with E-state index >= 15 is 0 Å². The Bertz CT molecular complexity index is 447. The Morgan fingerprint density at radius 2 is 1.95 bits per heavy atom. The van der Waals surface area contributed by atoms with E-state index in [2.05, 4.69) is 0 Å². The number of carboxylic acid groups (broad SMARTS) is 1. The lowest BCUT2D eigenvalue weighted by molar-refractivity contribution is -0.142. The molecule has 0 bridgehead atoms. The van der Waals surface area contributed by atoms with Gasteiger partial charge in [-0.3, -0.25) is 4.79 Å². The smallest absolute Gasteiger partial charge is 0.322 e. The molecule has 2 unspecified atom stereocenters. The van der Waals surface area contributed by atoms with Crippen LogP contribution in [0.4, 0.5) is 0 Å². The summed E-state index contributed by atoms with van der Waals surface area (Å²) in [5, 5.41) is 9.19. The quantitative estimate of drug-likeness (QED) is 0.816. The van der Waals surface area contributed by atoms with E-state index in [1.54, 1.807) is 7.05 Å². The summed E-state index contributed by atoms with van der Waals surface area (Å²) in [5.74, 6) is -0.622. The van der Waals surface area contributed by atoms with Gasteiger partial charge in [-0.25, -0.2) is 0 Å². The monoisotopic (exact) mass is 290 g/mol. The molecule has 0 aromatic heterocycles. The first-order valence-corrected chi connectivity index (χ1v) is 8.23. The third-order valence-corrected chi connectivity index (χ3v) is 6.37. The maximum Gasteiger partial charge on any atom is 0.322 e. The lowest BCUT2D eigenvalue weighted by Crippen LogP contribution is -2.54. The summed E-state index contributed by atoms with van der Waals surface area (Å²) >= 11 is 0. The number of carbonyl (C=O) groups is 1. The minimum Gasteiger partial charge on any atom is -0.480 e. The standard InChI is InChI=1S/C12H22N2O4S/c1-9(10-6-7-10)13(2)19(17,18)14-8-4-3-5-11(14)12(15)16/h9-11H,3-8H2,1-2H3,(H,15,16). The van der Waals surface area contributed by atoms with Crippen LogP contribution in [0.2, 0.25) is 0 Å². The molecule has 2 rings (SSSR count). The number of carboxylic acids is 1. The molecule has 1 saturated carbocycles. The number of hydrogen-bond acceptors (Lipinski definition) is 3. The van der Waals surface area contributed by atoms with E-state index in [9.17, 15) is 18.3 Å². The van der Waals surface area contributed by atoms with Gasteiger partial charge in [0.15, 0.2) is 0 Å². The van der Waals surface area contributed by atoms with Gasteiger partial charge >= 0.3 is 5.97 Å². The molecule has 2 atom stereocenters. The summed E-state index contributed by atoms with van der Waals surface area (Å²) in [7, 11) is -2.11. The van der Waals surface area contributed by atoms with Crippen LogP contribution in [0.5, 0.6) is 0 Å². The maximum absolute atomic E-state index is 12.6. The third kappa shape index (κ3) is 2.93. The second-order valence-corrected chi connectivity index (χ2v) is 7.50. The van der Waals surface area contributed by atoms with E-state index < -0.39 is 22.2 Å². The van der Waals surface area contributed by atoms with E-state index in [1.165, 1.54) is 4.31 Å². The van der Waals surface area contributed by atoms with E-state index in [0.717, 1.165) is 30.0 Å². The Morgan fingerprint density at radius 3 is 2.47 bits per heavy atom. The van der Waals surface area contributed by atoms with Crippen molar-refractivity contribution >= 4 is 16.2 Å². The van der Waals surface area contributed by atoms with E-state index in [4.69, 9.17) is 0 Å². The van der Waals surface area contributed by atoms with Gasteiger partial charge in [0.25, 0.3) is 10.2 Å². The molecule has 6 nitrogen and oxygen atoms in total. The Morgan fingerprint density at radius 1 is 1.32 bits per heavy atom. The van der Waals surface area contributed by atoms with Crippen molar-refractivity contribution in [1.29, 1.82) is 0 Å². The van der Waals surface area contributed by atoms with Gasteiger partial charge in [0, 0.05) is 19.6 Å². The molecule has 1 aliphatic heterocycles. The van der Waals surface area contributed by atoms with Crippen LogP contribution in [-0.4, -0.2) is 53.8 Å². The summed E-state index contributed by atoms with van der Waals surface area (Å²) in [4.78, 5) is 11.2. The lowest BCUT2D eigenvalue weighted by atomic mass is 10.1. The number of rotatable bonds is 5. The Hall–Kier alpha value is -0.660. The Balaban J connectivity index is 2.18. The van der Waals surface area contributed by atoms with Gasteiger partial charge in [0.2, 0.25) is 0 Å². The largest absolute Gasteiger partial charge is 0.480 e. The molecule has 1 saturated heterocycles. The number of aliphatic carboxylic acids is 1. The summed E-state index contributed by atoms with van der Waals surface area (Å²) in [6.45, 7) is 2.20. The number of nitrogens with zero attached hydrogens (tertiary/aromatic N) is 2. The highest BCUT2D eigenvalue weighted by atomic mass is 32.2. The topological polar surface area (TPSA) is 77.9 Å². The van der Waals surface area contributed by atoms with Crippen molar-refractivity contribution in [2.75, 3.05) is 13.6 Å². The van der Waals surface area contributed by atoms with Gasteiger partial charge in [-0.2, -0.15) is 17.0 Å². The minimum atomic E-state index is -3.67. The van der Waals surface area contributed by atoms with Crippen LogP contribution in [0.3, 0.4) is 0 Å². The van der Waals surface area contributed by atoms with Crippen molar-refractivity contribution in [2.45, 2.75) is 51.1 Å². The van der Waals surface area contributed by atoms with E-state index in [-0.39, 0.29) is 6.04 Å². The van der Waals surface area contributed by atoms with Gasteiger partial charge < -0.3 is 5.11 Å². The molecule has 0 radical (unpaired) electrons. The molecule has 0 aromatic rings. The first kappa shape index (κ1) is 14.7. The molecular weight excluding hydrogens is 268 g/mol. The SMILES string of the molecule is CC(C1CC1)N(C)S(=O)(=O)N1CCCCC1C(=O)O. The molecule has 19 heavy (non-hydrogen) atoms. The zero-order valence-electron chi connectivity index (χ0n) is 11.4. The predicted octanol–water partition coefficient (Wildman–Crippen LogP) is 0.901. The Labute approximate surface area is 114 Å². The molecule has 1 aliphatic carbocycles. The molecule has 2 aliphatic rings. The zero-order valence-corrected chi connectivity index (χ0v) is 12.3. The predicted molar refractivity (Wildman–Crippen MR) is 70.8 cm³/mol. The van der Waals surface area contributed by atoms with Crippen molar-refractivity contribution in [2.24, 2.45) is 5.92 Å². The second-order valence-electron chi connectivity index (χ2n) is 5.56. The van der Waals surface area contributed by atoms with Crippen molar-refractivity contribution in [3.05, 3.63) is 0 Å². The first-order chi connectivity index (χ1) is 8.85. The Kier molecular flexibility index (Phi) is 4.17. The van der Waals surface area contributed by atoms with Crippen LogP contribution in [-0.2, 0) is 15.0 Å². The van der Waals surface area contributed by atoms with Gasteiger partial charge in [-0.15, -0.1) is 0 Å². The number of piperidine rings is 1. The molecular formula is C12H22N2O4S. The molecule has 0 spiro atoms. The van der Waals surface area contributed by atoms with Crippen LogP contribution in [0.15, 0.2) is 0 Å². The maximum atomic E-state index is 12.6. The van der Waals surface area contributed by atoms with Gasteiger partial charge in [-0.1, -0.05) is 0 Å². The fraction of sp³-hybridized carbons (Fsp3) is 0.917. The highest BCUT2D eigenvalue weighted by Gasteiger charge is 2.42. The first-order valence-electron chi connectivity index (χ1n) is 6.83. The van der Waals surface area contributed by atoms with Crippen molar-refractivity contribution < 1.29 is 18.3 Å². The fourth-order valence-electron chi connectivity index (χ4n) is 2.68. The molecule has 1 heterocycles. The van der Waals surface area contributed by atoms with Crippen molar-refractivity contribution in [1.82, 2.24) is 8.61 Å². The van der Waals surface area contributed by atoms with Gasteiger partial charge in [0.1, 0.15) is 6.04 Å². The molecule has 2 fully saturated rings. The van der Waals surface area contributed by atoms with Crippen LogP contribution in [0, 0.1) is 5.92 Å². The van der Waals surface area contributed by atoms with Crippen LogP contribution >= 0.6 is 0 Å². The summed E-state index contributed by atoms with van der Waals surface area (Å²) in [6.07, 6.45) is 4.02. The fourth-order valence-corrected chi connectivity index (χ4v) is 4.48. The van der Waals surface area contributed by atoms with E-state index in [1.807, 2.05) is 6.92 Å². The number of hydrogen-bond donors (Lipinski definition) is 1. The van der Waals surface area contributed by atoms with Gasteiger partial charge in [0.05, 0.1) is 0 Å². The average molecular weight is 290 g/mol. The van der Waals surface area contributed by atoms with Crippen molar-refractivity contribution in [3.8, 4) is 0 Å². The normalized spacial score (nSPS) is 27.4. The summed E-state index contributed by atoms with van der Waals surface area (Å²) in [5.41, 5.74) is 0. The lowest BCUT2D eigenvalue weighted by Gasteiger charge is -2.36. The summed E-state index contributed by atoms with van der Waals surface area (Å²) in [6, 6.07) is -0.964. The molecule has 110 valence electrons. The highest BCUT2D eigenvalue weighted by Crippen LogP contribution is 2.36. The average Bonchev–Trinajstić information content (AvgIpc) is 3.21. The van der Waals surface area contributed by atoms with Crippen LogP contribution in [0.25, 0.3) is 0 Å². The molecule has 0 amide bonds. The zero-order chi connectivity index (χ0) is 14.2. The molecule has 0 aromatic carbocycles. The molecule has 7 heteroatoms. The van der Waals surface area contributed by atoms with Crippen molar-refractivity contribution in [3.63, 3.8) is 0 Å². The van der Waals surface area contributed by atoms with Crippen LogP contribution < -0.4 is 0 Å². The summed E-state index contributed by atoms with van der Waals surface area (Å²) < 4.78 is 27.6. The van der Waals surface area contributed by atoms with Crippen LogP contribution in [0.1, 0.15) is 39.0 Å². The third-order valence-electron chi connectivity index (χ3n) is 4.28.